The average Bonchev–Trinajstić information content (AvgIpc) is 3.15. The number of thioether (sulfide) groups is 1. The Hall–Kier alpha value is -1.35. The molecule has 0 aliphatic heterocycles. The molecule has 0 bridgehead atoms. The van der Waals surface area contributed by atoms with Crippen molar-refractivity contribution >= 4 is 17.4 Å². The van der Waals surface area contributed by atoms with Crippen molar-refractivity contribution in [3.05, 3.63) is 29.3 Å². The van der Waals surface area contributed by atoms with Crippen molar-refractivity contribution in [1.82, 2.24) is 0 Å². The molecule has 0 spiro atoms. The van der Waals surface area contributed by atoms with Gasteiger partial charge in [-0.3, -0.25) is 0 Å². The highest BCUT2D eigenvalue weighted by Crippen LogP contribution is 2.47. The number of hydrogen-bond donors (Lipinski definition) is 1. The summed E-state index contributed by atoms with van der Waals surface area (Å²) in [4.78, 5) is 0. The van der Waals surface area contributed by atoms with Crippen molar-refractivity contribution in [1.29, 1.82) is 5.26 Å². The minimum absolute atomic E-state index is 0.0340. The van der Waals surface area contributed by atoms with E-state index < -0.39 is 11.7 Å². The monoisotopic (exact) mass is 286 g/mol. The number of nitriles is 1. The zero-order valence-electron chi connectivity index (χ0n) is 10.3. The molecular formula is C13H13F3N2S. The van der Waals surface area contributed by atoms with Crippen molar-refractivity contribution in [2.75, 3.05) is 18.1 Å². The summed E-state index contributed by atoms with van der Waals surface area (Å²) in [5.41, 5.74) is -0.289. The Bertz CT molecular complexity index is 516. The third-order valence-electron chi connectivity index (χ3n) is 3.31. The third kappa shape index (κ3) is 3.16. The van der Waals surface area contributed by atoms with E-state index in [0.29, 0.717) is 12.2 Å². The van der Waals surface area contributed by atoms with Crippen LogP contribution < -0.4 is 5.32 Å². The summed E-state index contributed by atoms with van der Waals surface area (Å²) in [5, 5.41) is 12.0. The van der Waals surface area contributed by atoms with Crippen LogP contribution in [-0.2, 0) is 6.18 Å². The van der Waals surface area contributed by atoms with Crippen LogP contribution >= 0.6 is 11.8 Å². The lowest BCUT2D eigenvalue weighted by atomic mass is 10.1. The molecule has 0 heterocycles. The molecule has 2 nitrogen and oxygen atoms in total. The first-order valence-corrected chi connectivity index (χ1v) is 7.03. The van der Waals surface area contributed by atoms with Crippen molar-refractivity contribution < 1.29 is 13.2 Å². The molecule has 0 radical (unpaired) electrons. The summed E-state index contributed by atoms with van der Waals surface area (Å²) in [5.74, 6) is 0. The summed E-state index contributed by atoms with van der Waals surface area (Å²) in [6.45, 7) is 0.675. The van der Waals surface area contributed by atoms with Gasteiger partial charge in [0.15, 0.2) is 0 Å². The molecule has 1 fully saturated rings. The number of halogens is 3. The Kier molecular flexibility index (Phi) is 3.68. The molecule has 1 aromatic carbocycles. The summed E-state index contributed by atoms with van der Waals surface area (Å²) in [7, 11) is 0. The summed E-state index contributed by atoms with van der Waals surface area (Å²) < 4.78 is 37.8. The Balaban J connectivity index is 2.15. The molecule has 1 aromatic rings. The van der Waals surface area contributed by atoms with Gasteiger partial charge in [0, 0.05) is 11.3 Å². The second-order valence-electron chi connectivity index (χ2n) is 4.61. The van der Waals surface area contributed by atoms with Gasteiger partial charge >= 0.3 is 6.18 Å². The van der Waals surface area contributed by atoms with Gasteiger partial charge in [-0.2, -0.15) is 30.2 Å². The number of nitrogens with one attached hydrogen (secondary N) is 1. The van der Waals surface area contributed by atoms with Crippen molar-refractivity contribution in [3.63, 3.8) is 0 Å². The normalized spacial score (nSPS) is 16.8. The molecule has 2 rings (SSSR count). The predicted octanol–water partition coefficient (Wildman–Crippen LogP) is 3.88. The minimum atomic E-state index is -4.42. The lowest BCUT2D eigenvalue weighted by molar-refractivity contribution is -0.137. The average molecular weight is 286 g/mol. The van der Waals surface area contributed by atoms with Crippen LogP contribution in [0.5, 0.6) is 0 Å². The standard InChI is InChI=1S/C13H13F3N2S/c1-19-12(4-5-12)8-18-11-3-2-10(13(14,15)16)6-9(11)7-17/h2-3,6,18H,4-5,8H2,1H3. The van der Waals surface area contributed by atoms with Gasteiger partial charge < -0.3 is 5.32 Å². The largest absolute Gasteiger partial charge is 0.416 e. The van der Waals surface area contributed by atoms with Gasteiger partial charge in [0.2, 0.25) is 0 Å². The first kappa shape index (κ1) is 14.1. The molecule has 1 N–H and O–H groups in total. The Morgan fingerprint density at radius 3 is 2.58 bits per heavy atom. The summed E-state index contributed by atoms with van der Waals surface area (Å²) >= 11 is 1.75. The zero-order chi connectivity index (χ0) is 14.1. The molecule has 1 aliphatic carbocycles. The fourth-order valence-electron chi connectivity index (χ4n) is 1.82. The molecule has 0 atom stereocenters. The summed E-state index contributed by atoms with van der Waals surface area (Å²) in [6.07, 6.45) is -0.193. The van der Waals surface area contributed by atoms with Crippen molar-refractivity contribution in [3.8, 4) is 6.07 Å². The van der Waals surface area contributed by atoms with Crippen LogP contribution in [-0.4, -0.2) is 17.5 Å². The second kappa shape index (κ2) is 4.97. The first-order chi connectivity index (χ1) is 8.90. The van der Waals surface area contributed by atoms with Gasteiger partial charge in [-0.1, -0.05) is 0 Å². The molecule has 0 aromatic heterocycles. The number of rotatable bonds is 4. The Morgan fingerprint density at radius 1 is 1.42 bits per heavy atom. The maximum absolute atomic E-state index is 12.5. The SMILES string of the molecule is CSC1(CNc2ccc(C(F)(F)F)cc2C#N)CC1. The molecule has 102 valence electrons. The molecule has 0 saturated heterocycles. The molecule has 6 heteroatoms. The molecule has 1 saturated carbocycles. The highest BCUT2D eigenvalue weighted by atomic mass is 32.2. The van der Waals surface area contributed by atoms with Gasteiger partial charge in [0.25, 0.3) is 0 Å². The highest BCUT2D eigenvalue weighted by Gasteiger charge is 2.41. The van der Waals surface area contributed by atoms with E-state index in [1.54, 1.807) is 11.8 Å². The molecule has 0 amide bonds. The third-order valence-corrected chi connectivity index (χ3v) is 4.73. The van der Waals surface area contributed by atoms with Crippen LogP contribution in [0.15, 0.2) is 18.2 Å². The van der Waals surface area contributed by atoms with Gasteiger partial charge in [-0.15, -0.1) is 0 Å². The fraction of sp³-hybridized carbons (Fsp3) is 0.462. The van der Waals surface area contributed by atoms with E-state index in [4.69, 9.17) is 5.26 Å². The molecule has 0 unspecified atom stereocenters. The van der Waals surface area contributed by atoms with E-state index in [9.17, 15) is 13.2 Å². The van der Waals surface area contributed by atoms with Gasteiger partial charge in [-0.05, 0) is 37.3 Å². The Labute approximate surface area is 114 Å². The van der Waals surface area contributed by atoms with Crippen LogP contribution in [0, 0.1) is 11.3 Å². The minimum Gasteiger partial charge on any atom is -0.383 e. The fourth-order valence-corrected chi connectivity index (χ4v) is 2.54. The maximum Gasteiger partial charge on any atom is 0.416 e. The number of nitrogens with zero attached hydrogens (tertiary/aromatic N) is 1. The van der Waals surface area contributed by atoms with Gasteiger partial charge in [-0.25, -0.2) is 0 Å². The number of anilines is 1. The predicted molar refractivity (Wildman–Crippen MR) is 70.1 cm³/mol. The summed E-state index contributed by atoms with van der Waals surface area (Å²) in [6, 6.07) is 5.04. The van der Waals surface area contributed by atoms with Crippen LogP contribution in [0.1, 0.15) is 24.0 Å². The molecule has 19 heavy (non-hydrogen) atoms. The van der Waals surface area contributed by atoms with Crippen molar-refractivity contribution in [2.24, 2.45) is 0 Å². The lowest BCUT2D eigenvalue weighted by Gasteiger charge is -2.16. The van der Waals surface area contributed by atoms with Crippen LogP contribution in [0.3, 0.4) is 0 Å². The van der Waals surface area contributed by atoms with Crippen LogP contribution in [0.25, 0.3) is 0 Å². The van der Waals surface area contributed by atoms with Crippen molar-refractivity contribution in [2.45, 2.75) is 23.8 Å². The van der Waals surface area contributed by atoms with E-state index in [1.807, 2.05) is 12.3 Å². The van der Waals surface area contributed by atoms with E-state index >= 15 is 0 Å². The van der Waals surface area contributed by atoms with E-state index in [0.717, 1.165) is 25.0 Å². The quantitative estimate of drug-likeness (QED) is 0.912. The van der Waals surface area contributed by atoms with Gasteiger partial charge in [0.1, 0.15) is 6.07 Å². The zero-order valence-corrected chi connectivity index (χ0v) is 11.2. The van der Waals surface area contributed by atoms with Crippen LogP contribution in [0.4, 0.5) is 18.9 Å². The lowest BCUT2D eigenvalue weighted by Crippen LogP contribution is -2.18. The Morgan fingerprint density at radius 2 is 2.11 bits per heavy atom. The topological polar surface area (TPSA) is 35.8 Å². The smallest absolute Gasteiger partial charge is 0.383 e. The molecular weight excluding hydrogens is 273 g/mol. The number of hydrogen-bond acceptors (Lipinski definition) is 3. The highest BCUT2D eigenvalue weighted by molar-refractivity contribution is 8.00. The number of benzene rings is 1. The molecule has 1 aliphatic rings. The van der Waals surface area contributed by atoms with E-state index in [1.165, 1.54) is 6.07 Å². The maximum atomic E-state index is 12.5. The number of alkyl halides is 3. The van der Waals surface area contributed by atoms with Crippen LogP contribution in [0.2, 0.25) is 0 Å². The van der Waals surface area contributed by atoms with Gasteiger partial charge in [0.05, 0.1) is 16.8 Å². The van der Waals surface area contributed by atoms with E-state index in [-0.39, 0.29) is 10.3 Å². The van der Waals surface area contributed by atoms with E-state index in [2.05, 4.69) is 5.32 Å². The first-order valence-electron chi connectivity index (χ1n) is 5.81. The second-order valence-corrected chi connectivity index (χ2v) is 5.88.